The maximum absolute atomic E-state index is 15.5. The Labute approximate surface area is 467 Å². The lowest BCUT2D eigenvalue weighted by atomic mass is 9.97. The SMILES string of the molecule is [2H]C([2H])(c1ccc(N)cc1)c1ccc(OC)c(-c2cccc(Cl)c2)c1F.[2H]C([2H])(c1ccc(NC(N)=O)cc1)c1ccc(OC)c(-c2cccc(Cl)c2)c1F.[2H]C([2H])(c1ccc([NH+]([O-])O)cc1)c1ccc(OC)c(-c2cccc(Cl)c2)c1F. The second kappa shape index (κ2) is 26.7. The van der Waals surface area contributed by atoms with Crippen LogP contribution in [-0.2, 0) is 19.1 Å². The van der Waals surface area contributed by atoms with Gasteiger partial charge in [-0.2, -0.15) is 5.23 Å². The zero-order valence-electron chi connectivity index (χ0n) is 47.2. The summed E-state index contributed by atoms with van der Waals surface area (Å²) in [6.07, 6.45) is -6.38. The van der Waals surface area contributed by atoms with Crippen LogP contribution in [0.3, 0.4) is 0 Å². The molecule has 0 heterocycles. The van der Waals surface area contributed by atoms with Crippen molar-refractivity contribution in [3.8, 4) is 50.6 Å². The van der Waals surface area contributed by atoms with Crippen LogP contribution in [0.1, 0.15) is 41.6 Å². The Bertz CT molecular complexity index is 3780. The summed E-state index contributed by atoms with van der Waals surface area (Å²) in [5, 5.41) is 22.6. The Balaban J connectivity index is 0.000000179. The fourth-order valence-electron chi connectivity index (χ4n) is 7.72. The first-order valence-electron chi connectivity index (χ1n) is 26.1. The zero-order valence-corrected chi connectivity index (χ0v) is 43.5. The first-order valence-corrected chi connectivity index (χ1v) is 24.2. The number of nitrogens with two attached hydrogens (primary N) is 2. The van der Waals surface area contributed by atoms with Crippen molar-refractivity contribution in [3.05, 3.63) is 253 Å². The Kier molecular flexibility index (Phi) is 16.8. The highest BCUT2D eigenvalue weighted by atomic mass is 35.5. The van der Waals surface area contributed by atoms with Crippen molar-refractivity contribution in [1.82, 2.24) is 0 Å². The van der Waals surface area contributed by atoms with Crippen LogP contribution < -0.4 is 36.2 Å². The summed E-state index contributed by atoms with van der Waals surface area (Å²) in [5.74, 6) is -1.37. The molecule has 0 bridgehead atoms. The van der Waals surface area contributed by atoms with Gasteiger partial charge in [0.1, 0.15) is 34.7 Å². The highest BCUT2D eigenvalue weighted by molar-refractivity contribution is 6.31. The summed E-state index contributed by atoms with van der Waals surface area (Å²) in [5.41, 5.74) is 13.8. The molecule has 0 aliphatic heterocycles. The van der Waals surface area contributed by atoms with Crippen LogP contribution in [0, 0.1) is 22.7 Å². The maximum atomic E-state index is 15.5. The Morgan fingerprint density at radius 1 is 0.545 bits per heavy atom. The van der Waals surface area contributed by atoms with Gasteiger partial charge in [-0.1, -0.05) is 126 Å². The lowest BCUT2D eigenvalue weighted by Crippen LogP contribution is -2.99. The molecule has 0 radical (unpaired) electrons. The number of rotatable bonds is 14. The van der Waals surface area contributed by atoms with Gasteiger partial charge in [0.2, 0.25) is 0 Å². The molecule has 1 atom stereocenters. The van der Waals surface area contributed by atoms with Crippen LogP contribution in [0.5, 0.6) is 17.2 Å². The molecular weight excluding hydrogens is 1050 g/mol. The highest BCUT2D eigenvalue weighted by Crippen LogP contribution is 2.39. The summed E-state index contributed by atoms with van der Waals surface area (Å²) in [4.78, 5) is 10.9. The Hall–Kier alpha value is -8.01. The highest BCUT2D eigenvalue weighted by Gasteiger charge is 2.20. The predicted octanol–water partition coefficient (Wildman–Crippen LogP) is 14.7. The number of quaternary nitrogens is 1. The van der Waals surface area contributed by atoms with Gasteiger partial charge in [-0.25, -0.2) is 23.2 Å². The van der Waals surface area contributed by atoms with Crippen molar-refractivity contribution in [2.75, 3.05) is 32.4 Å². The van der Waals surface area contributed by atoms with Crippen LogP contribution in [0.25, 0.3) is 33.4 Å². The fraction of sp³-hybridized carbons (Fsp3) is 0.0984. The van der Waals surface area contributed by atoms with E-state index in [-0.39, 0.29) is 61.7 Å². The van der Waals surface area contributed by atoms with Gasteiger partial charge in [-0.3, -0.25) is 0 Å². The molecule has 0 saturated heterocycles. The van der Waals surface area contributed by atoms with Gasteiger partial charge in [0.15, 0.2) is 5.69 Å². The van der Waals surface area contributed by atoms with Gasteiger partial charge < -0.3 is 36.2 Å². The third kappa shape index (κ3) is 14.9. The third-order valence-corrected chi connectivity index (χ3v) is 12.0. The number of urea groups is 1. The summed E-state index contributed by atoms with van der Waals surface area (Å²) < 4.78 is 113. The molecule has 0 spiro atoms. The normalized spacial score (nSPS) is 12.8. The number of nitrogens with one attached hydrogen (secondary N) is 2. The van der Waals surface area contributed by atoms with Crippen molar-refractivity contribution >= 4 is 57.9 Å². The minimum Gasteiger partial charge on any atom is -0.595 e. The lowest BCUT2D eigenvalue weighted by molar-refractivity contribution is -0.991. The van der Waals surface area contributed by atoms with E-state index in [1.54, 1.807) is 103 Å². The summed E-state index contributed by atoms with van der Waals surface area (Å²) in [6.45, 7) is 0. The minimum atomic E-state index is -2.19. The fourth-order valence-corrected chi connectivity index (χ4v) is 8.29. The van der Waals surface area contributed by atoms with E-state index in [4.69, 9.17) is 73.9 Å². The average Bonchev–Trinajstić information content (AvgIpc) is 3.50. The van der Waals surface area contributed by atoms with Gasteiger partial charge >= 0.3 is 6.03 Å². The molecular formula is C61H52Cl3F3N4O6. The van der Waals surface area contributed by atoms with Crippen LogP contribution in [0.4, 0.5) is 35.0 Å². The van der Waals surface area contributed by atoms with Crippen LogP contribution in [0.2, 0.25) is 15.1 Å². The number of benzene rings is 9. The molecule has 2 amide bonds. The second-order valence-corrected chi connectivity index (χ2v) is 17.8. The molecule has 0 saturated carbocycles. The number of nitrogen functional groups attached to an aromatic ring is 1. The van der Waals surface area contributed by atoms with Gasteiger partial charge in [-0.05, 0) is 129 Å². The number of methoxy groups -OCH3 is 3. The summed E-state index contributed by atoms with van der Waals surface area (Å²) in [7, 11) is 4.26. The summed E-state index contributed by atoms with van der Waals surface area (Å²) in [6, 6.07) is 45.3. The van der Waals surface area contributed by atoms with Crippen LogP contribution in [-0.4, -0.2) is 32.6 Å². The van der Waals surface area contributed by atoms with E-state index in [0.29, 0.717) is 54.4 Å². The smallest absolute Gasteiger partial charge is 0.316 e. The molecule has 9 aromatic rings. The van der Waals surface area contributed by atoms with E-state index in [2.05, 4.69) is 5.32 Å². The maximum Gasteiger partial charge on any atom is 0.316 e. The quantitative estimate of drug-likeness (QED) is 0.0536. The van der Waals surface area contributed by atoms with E-state index in [0.717, 1.165) is 0 Å². The van der Waals surface area contributed by atoms with Crippen molar-refractivity contribution in [2.24, 2.45) is 5.73 Å². The molecule has 10 nitrogen and oxygen atoms in total. The number of ether oxygens (including phenoxy) is 3. The molecule has 9 aromatic carbocycles. The average molecular weight is 1110 g/mol. The second-order valence-electron chi connectivity index (χ2n) is 16.5. The van der Waals surface area contributed by atoms with Gasteiger partial charge in [0.05, 0.1) is 38.0 Å². The first-order chi connectivity index (χ1) is 39.3. The molecule has 0 aromatic heterocycles. The number of amides is 2. The largest absolute Gasteiger partial charge is 0.595 e. The van der Waals surface area contributed by atoms with E-state index in [9.17, 15) is 10.0 Å². The Morgan fingerprint density at radius 3 is 1.17 bits per heavy atom. The van der Waals surface area contributed by atoms with Gasteiger partial charge in [0.25, 0.3) is 0 Å². The van der Waals surface area contributed by atoms with E-state index in [1.807, 2.05) is 0 Å². The number of halogens is 6. The number of hydrogen-bond donors (Lipinski definition) is 5. The van der Waals surface area contributed by atoms with Crippen molar-refractivity contribution in [3.63, 3.8) is 0 Å². The van der Waals surface area contributed by atoms with Crippen molar-refractivity contribution in [1.29, 1.82) is 0 Å². The number of primary amides is 1. The van der Waals surface area contributed by atoms with E-state index < -0.39 is 47.8 Å². The molecule has 394 valence electrons. The molecule has 1 unspecified atom stereocenters. The molecule has 16 heteroatoms. The molecule has 7 N–H and O–H groups in total. The number of anilines is 2. The minimum absolute atomic E-state index is 0.0226. The molecule has 0 aliphatic rings. The van der Waals surface area contributed by atoms with E-state index >= 15 is 13.2 Å². The monoisotopic (exact) mass is 1100 g/mol. The molecule has 0 aliphatic carbocycles. The topological polar surface area (TPSA) is 157 Å². The number of hydrogen-bond acceptors (Lipinski definition) is 7. The van der Waals surface area contributed by atoms with Gasteiger partial charge in [-0.15, -0.1) is 0 Å². The summed E-state index contributed by atoms with van der Waals surface area (Å²) >= 11 is 18.1. The lowest BCUT2D eigenvalue weighted by Gasteiger charge is -2.14. The zero-order chi connectivity index (χ0) is 60.6. The predicted molar refractivity (Wildman–Crippen MR) is 301 cm³/mol. The number of carbonyl (C=O) groups is 1. The molecule has 77 heavy (non-hydrogen) atoms. The number of carbonyl (C=O) groups excluding carboxylic acids is 1. The van der Waals surface area contributed by atoms with Crippen molar-refractivity contribution in [2.45, 2.75) is 19.1 Å². The standard InChI is InChI=1S/C21H18ClFN2O2.C20H17ClFNO3.C20H17ClFNO/c1-27-18-10-7-15(11-13-5-8-17(9-6-13)25-21(24)26)20(23)19(18)14-3-2-4-16(22)12-14;1-26-18-10-7-15(11-13-5-8-17(9-6-13)23(24)25)20(22)19(18)14-3-2-4-16(21)12-14;1-24-18-10-7-15(11-13-5-8-17(23)9-6-13)20(22)19(18)14-3-2-4-16(21)12-14/h2-10,12H,11H2,1H3,(H3,24,25,26);2-10,12,23-24H,11H2,1H3;2-10,12H,11,23H2,1H3/i3*11D2. The van der Waals surface area contributed by atoms with Crippen LogP contribution in [0.15, 0.2) is 182 Å². The van der Waals surface area contributed by atoms with Gasteiger partial charge in [0, 0.05) is 65.9 Å². The van der Waals surface area contributed by atoms with E-state index in [1.165, 1.54) is 100 Å². The third-order valence-electron chi connectivity index (χ3n) is 11.3. The molecule has 9 rings (SSSR count). The first kappa shape index (κ1) is 48.6. The van der Waals surface area contributed by atoms with Crippen molar-refractivity contribution < 1.29 is 50.8 Å². The van der Waals surface area contributed by atoms with Crippen LogP contribution >= 0.6 is 34.8 Å². The Morgan fingerprint density at radius 2 is 0.870 bits per heavy atom. The molecule has 0 fully saturated rings.